The van der Waals surface area contributed by atoms with Crippen LogP contribution in [0.25, 0.3) is 16.6 Å². The van der Waals surface area contributed by atoms with Gasteiger partial charge in [0, 0.05) is 5.39 Å². The normalized spacial score (nSPS) is 10.5. The molecule has 0 radical (unpaired) electrons. The number of hydrogen-bond acceptors (Lipinski definition) is 2. The predicted octanol–water partition coefficient (Wildman–Crippen LogP) is 3.46. The molecule has 0 saturated heterocycles. The van der Waals surface area contributed by atoms with Gasteiger partial charge < -0.3 is 0 Å². The van der Waals surface area contributed by atoms with Crippen LogP contribution in [0, 0.1) is 11.3 Å². The highest BCUT2D eigenvalue weighted by molar-refractivity contribution is 5.81. The Labute approximate surface area is 111 Å². The van der Waals surface area contributed by atoms with E-state index < -0.39 is 0 Å². The van der Waals surface area contributed by atoms with E-state index >= 15 is 0 Å². The summed E-state index contributed by atoms with van der Waals surface area (Å²) in [6, 6.07) is 16.0. The Morgan fingerprint density at radius 3 is 2.63 bits per heavy atom. The van der Waals surface area contributed by atoms with Gasteiger partial charge in [0.25, 0.3) is 0 Å². The highest BCUT2D eigenvalue weighted by Crippen LogP contribution is 2.20. The highest BCUT2D eigenvalue weighted by atomic mass is 15.3. The summed E-state index contributed by atoms with van der Waals surface area (Å²) in [6.45, 7) is 2.14. The van der Waals surface area contributed by atoms with Crippen LogP contribution in [0.1, 0.15) is 18.1 Å². The quantitative estimate of drug-likeness (QED) is 0.696. The summed E-state index contributed by atoms with van der Waals surface area (Å²) in [4.78, 5) is 0. The lowest BCUT2D eigenvalue weighted by Crippen LogP contribution is -1.96. The SMILES string of the molecule is CCc1ccc2cnn(-c3ccc(C#N)cc3)c2c1. The minimum atomic E-state index is 0.662. The van der Waals surface area contributed by atoms with Crippen molar-refractivity contribution in [3.8, 4) is 11.8 Å². The van der Waals surface area contributed by atoms with E-state index in [0.717, 1.165) is 23.0 Å². The lowest BCUT2D eigenvalue weighted by Gasteiger charge is -2.04. The van der Waals surface area contributed by atoms with Gasteiger partial charge in [0.15, 0.2) is 0 Å². The van der Waals surface area contributed by atoms with Crippen LogP contribution in [0.2, 0.25) is 0 Å². The van der Waals surface area contributed by atoms with Gasteiger partial charge in [0.1, 0.15) is 0 Å². The van der Waals surface area contributed by atoms with Gasteiger partial charge in [-0.15, -0.1) is 0 Å². The molecule has 0 fully saturated rings. The summed E-state index contributed by atoms with van der Waals surface area (Å²) in [5.74, 6) is 0. The lowest BCUT2D eigenvalue weighted by atomic mass is 10.1. The first-order valence-corrected chi connectivity index (χ1v) is 6.29. The van der Waals surface area contributed by atoms with Crippen LogP contribution in [-0.2, 0) is 6.42 Å². The molecule has 3 nitrogen and oxygen atoms in total. The van der Waals surface area contributed by atoms with Crippen LogP contribution >= 0.6 is 0 Å². The summed E-state index contributed by atoms with van der Waals surface area (Å²) in [5, 5.41) is 14.4. The molecule has 0 atom stereocenters. The Kier molecular flexibility index (Phi) is 2.77. The molecule has 1 heterocycles. The van der Waals surface area contributed by atoms with Crippen molar-refractivity contribution in [2.45, 2.75) is 13.3 Å². The van der Waals surface area contributed by atoms with Gasteiger partial charge in [-0.05, 0) is 42.3 Å². The van der Waals surface area contributed by atoms with Crippen molar-refractivity contribution in [1.82, 2.24) is 9.78 Å². The third-order valence-corrected chi connectivity index (χ3v) is 3.28. The fourth-order valence-electron chi connectivity index (χ4n) is 2.17. The third-order valence-electron chi connectivity index (χ3n) is 3.28. The number of benzene rings is 2. The van der Waals surface area contributed by atoms with Gasteiger partial charge >= 0.3 is 0 Å². The van der Waals surface area contributed by atoms with Crippen molar-refractivity contribution in [3.63, 3.8) is 0 Å². The first kappa shape index (κ1) is 11.5. The van der Waals surface area contributed by atoms with Crippen LogP contribution in [0.4, 0.5) is 0 Å². The maximum atomic E-state index is 8.83. The molecule has 1 aromatic heterocycles. The molecule has 0 spiro atoms. The van der Waals surface area contributed by atoms with Gasteiger partial charge in [-0.1, -0.05) is 19.1 Å². The maximum absolute atomic E-state index is 8.83. The second-order valence-corrected chi connectivity index (χ2v) is 4.46. The Morgan fingerprint density at radius 2 is 1.95 bits per heavy atom. The molecule has 0 aliphatic heterocycles. The molecule has 0 amide bonds. The summed E-state index contributed by atoms with van der Waals surface area (Å²) in [5.41, 5.74) is 4.03. The molecule has 3 aromatic rings. The number of fused-ring (bicyclic) bond motifs is 1. The standard InChI is InChI=1S/C16H13N3/c1-2-12-3-6-14-11-18-19(16(14)9-12)15-7-4-13(10-17)5-8-15/h3-9,11H,2H2,1H3. The fraction of sp³-hybridized carbons (Fsp3) is 0.125. The number of nitrogens with zero attached hydrogens (tertiary/aromatic N) is 3. The average Bonchev–Trinajstić information content (AvgIpc) is 2.90. The number of aryl methyl sites for hydroxylation is 1. The van der Waals surface area contributed by atoms with Crippen LogP contribution in [0.5, 0.6) is 0 Å². The summed E-state index contributed by atoms with van der Waals surface area (Å²) in [7, 11) is 0. The summed E-state index contributed by atoms with van der Waals surface area (Å²) >= 11 is 0. The van der Waals surface area contributed by atoms with Crippen molar-refractivity contribution >= 4 is 10.9 Å². The van der Waals surface area contributed by atoms with E-state index in [-0.39, 0.29) is 0 Å². The summed E-state index contributed by atoms with van der Waals surface area (Å²) in [6.07, 6.45) is 2.88. The minimum Gasteiger partial charge on any atom is -0.233 e. The molecule has 0 unspecified atom stereocenters. The largest absolute Gasteiger partial charge is 0.233 e. The Morgan fingerprint density at radius 1 is 1.16 bits per heavy atom. The van der Waals surface area contributed by atoms with E-state index in [1.807, 2.05) is 35.1 Å². The van der Waals surface area contributed by atoms with Crippen LogP contribution in [0.3, 0.4) is 0 Å². The van der Waals surface area contributed by atoms with E-state index in [0.29, 0.717) is 5.56 Å². The zero-order valence-electron chi connectivity index (χ0n) is 10.7. The van der Waals surface area contributed by atoms with Crippen LogP contribution in [-0.4, -0.2) is 9.78 Å². The number of rotatable bonds is 2. The van der Waals surface area contributed by atoms with Gasteiger partial charge in [-0.2, -0.15) is 10.4 Å². The molecule has 0 aliphatic carbocycles. The molecule has 0 aliphatic rings. The first-order chi connectivity index (χ1) is 9.31. The number of nitriles is 1. The molecular weight excluding hydrogens is 234 g/mol. The fourth-order valence-corrected chi connectivity index (χ4v) is 2.17. The van der Waals surface area contributed by atoms with Crippen molar-refractivity contribution in [2.75, 3.05) is 0 Å². The summed E-state index contributed by atoms with van der Waals surface area (Å²) < 4.78 is 1.91. The van der Waals surface area contributed by atoms with Crippen molar-refractivity contribution in [3.05, 3.63) is 59.8 Å². The molecule has 92 valence electrons. The van der Waals surface area contributed by atoms with E-state index in [4.69, 9.17) is 5.26 Å². The molecule has 0 saturated carbocycles. The van der Waals surface area contributed by atoms with E-state index in [2.05, 4.69) is 36.3 Å². The predicted molar refractivity (Wildman–Crippen MR) is 75.2 cm³/mol. The molecule has 0 bridgehead atoms. The molecule has 0 N–H and O–H groups in total. The Balaban J connectivity index is 2.16. The molecule has 19 heavy (non-hydrogen) atoms. The van der Waals surface area contributed by atoms with E-state index in [9.17, 15) is 0 Å². The third kappa shape index (κ3) is 1.98. The van der Waals surface area contributed by atoms with Crippen molar-refractivity contribution < 1.29 is 0 Å². The van der Waals surface area contributed by atoms with Gasteiger partial charge in [0.2, 0.25) is 0 Å². The van der Waals surface area contributed by atoms with E-state index in [1.165, 1.54) is 5.56 Å². The second-order valence-electron chi connectivity index (χ2n) is 4.46. The topological polar surface area (TPSA) is 41.6 Å². The maximum Gasteiger partial charge on any atom is 0.0991 e. The monoisotopic (exact) mass is 247 g/mol. The minimum absolute atomic E-state index is 0.662. The smallest absolute Gasteiger partial charge is 0.0991 e. The average molecular weight is 247 g/mol. The molecule has 3 rings (SSSR count). The van der Waals surface area contributed by atoms with Crippen LogP contribution in [0.15, 0.2) is 48.7 Å². The molecular formula is C16H13N3. The zero-order valence-corrected chi connectivity index (χ0v) is 10.7. The number of aromatic nitrogens is 2. The zero-order chi connectivity index (χ0) is 13.2. The molecule has 2 aromatic carbocycles. The Hall–Kier alpha value is -2.60. The first-order valence-electron chi connectivity index (χ1n) is 6.29. The van der Waals surface area contributed by atoms with Gasteiger partial charge in [-0.3, -0.25) is 0 Å². The van der Waals surface area contributed by atoms with Crippen molar-refractivity contribution in [1.29, 1.82) is 5.26 Å². The Bertz CT molecular complexity index is 761. The van der Waals surface area contributed by atoms with E-state index in [1.54, 1.807) is 0 Å². The van der Waals surface area contributed by atoms with Gasteiger partial charge in [-0.25, -0.2) is 4.68 Å². The van der Waals surface area contributed by atoms with Crippen molar-refractivity contribution in [2.24, 2.45) is 0 Å². The highest BCUT2D eigenvalue weighted by Gasteiger charge is 2.05. The number of hydrogen-bond donors (Lipinski definition) is 0. The van der Waals surface area contributed by atoms with Gasteiger partial charge in [0.05, 0.1) is 29.0 Å². The van der Waals surface area contributed by atoms with Crippen LogP contribution < -0.4 is 0 Å². The lowest BCUT2D eigenvalue weighted by molar-refractivity contribution is 0.909. The second kappa shape index (κ2) is 4.58. The molecule has 3 heteroatoms.